The van der Waals surface area contributed by atoms with Gasteiger partial charge in [-0.25, -0.2) is 8.78 Å². The lowest BCUT2D eigenvalue weighted by atomic mass is 10.00. The molecule has 6 heteroatoms. The van der Waals surface area contributed by atoms with Gasteiger partial charge in [0.2, 0.25) is 0 Å². The lowest BCUT2D eigenvalue weighted by Gasteiger charge is -2.34. The van der Waals surface area contributed by atoms with Crippen LogP contribution in [0.25, 0.3) is 0 Å². The molecule has 118 valence electrons. The lowest BCUT2D eigenvalue weighted by Crippen LogP contribution is -2.45. The minimum atomic E-state index is -0.628. The van der Waals surface area contributed by atoms with E-state index in [-0.39, 0.29) is 11.3 Å². The molecule has 1 atom stereocenters. The fourth-order valence-corrected chi connectivity index (χ4v) is 2.83. The summed E-state index contributed by atoms with van der Waals surface area (Å²) in [6.45, 7) is 2.93. The molecule has 2 aromatic rings. The summed E-state index contributed by atoms with van der Waals surface area (Å²) in [4.78, 5) is 2.02. The van der Waals surface area contributed by atoms with Crippen molar-refractivity contribution in [3.63, 3.8) is 0 Å². The van der Waals surface area contributed by atoms with Gasteiger partial charge >= 0.3 is 0 Å². The summed E-state index contributed by atoms with van der Waals surface area (Å²) in [6.07, 6.45) is 1.52. The van der Waals surface area contributed by atoms with Crippen LogP contribution in [0, 0.1) is 11.6 Å². The molecule has 1 aromatic carbocycles. The van der Waals surface area contributed by atoms with Gasteiger partial charge < -0.3 is 14.5 Å². The second-order valence-electron chi connectivity index (χ2n) is 5.21. The summed E-state index contributed by atoms with van der Waals surface area (Å²) in [5, 5.41) is 3.23. The third kappa shape index (κ3) is 2.84. The first kappa shape index (κ1) is 15.0. The first-order chi connectivity index (χ1) is 10.7. The first-order valence-corrected chi connectivity index (χ1v) is 7.22. The number of furan rings is 1. The number of hydrogen-bond donors (Lipinski definition) is 1. The van der Waals surface area contributed by atoms with E-state index in [1.54, 1.807) is 12.1 Å². The van der Waals surface area contributed by atoms with Crippen molar-refractivity contribution in [2.24, 2.45) is 0 Å². The molecule has 0 aliphatic carbocycles. The van der Waals surface area contributed by atoms with Crippen molar-refractivity contribution >= 4 is 0 Å². The molecule has 3 rings (SSSR count). The van der Waals surface area contributed by atoms with Gasteiger partial charge in [-0.3, -0.25) is 4.90 Å². The van der Waals surface area contributed by atoms with Crippen LogP contribution in [0.3, 0.4) is 0 Å². The van der Waals surface area contributed by atoms with E-state index < -0.39 is 17.7 Å². The van der Waals surface area contributed by atoms with Crippen LogP contribution in [0.15, 0.2) is 34.9 Å². The molecule has 22 heavy (non-hydrogen) atoms. The van der Waals surface area contributed by atoms with Gasteiger partial charge in [0.05, 0.1) is 19.4 Å². The zero-order valence-electron chi connectivity index (χ0n) is 12.3. The van der Waals surface area contributed by atoms with Crippen molar-refractivity contribution in [1.29, 1.82) is 0 Å². The van der Waals surface area contributed by atoms with Gasteiger partial charge in [-0.15, -0.1) is 0 Å². The van der Waals surface area contributed by atoms with Gasteiger partial charge in [-0.2, -0.15) is 0 Å². The highest BCUT2D eigenvalue weighted by molar-refractivity contribution is 5.36. The van der Waals surface area contributed by atoms with E-state index in [9.17, 15) is 8.78 Å². The molecule has 0 bridgehead atoms. The Balaban J connectivity index is 2.06. The highest BCUT2D eigenvalue weighted by Crippen LogP contribution is 2.34. The molecular formula is C16H18F2N2O2. The van der Waals surface area contributed by atoms with Crippen molar-refractivity contribution in [3.05, 3.63) is 53.5 Å². The van der Waals surface area contributed by atoms with Crippen molar-refractivity contribution in [2.75, 3.05) is 33.3 Å². The van der Waals surface area contributed by atoms with Crippen molar-refractivity contribution in [1.82, 2.24) is 10.2 Å². The average Bonchev–Trinajstić information content (AvgIpc) is 3.05. The number of hydrogen-bond acceptors (Lipinski definition) is 4. The SMILES string of the molecule is COc1cc(F)c([C@@H](c2ccco2)N2CCNCC2)c(F)c1. The van der Waals surface area contributed by atoms with Gasteiger partial charge in [0.1, 0.15) is 23.1 Å². The summed E-state index contributed by atoms with van der Waals surface area (Å²) in [5.41, 5.74) is -0.00218. The summed E-state index contributed by atoms with van der Waals surface area (Å²) in [7, 11) is 1.38. The normalized spacial score (nSPS) is 17.4. The van der Waals surface area contributed by atoms with E-state index in [1.165, 1.54) is 25.5 Å². The minimum Gasteiger partial charge on any atom is -0.497 e. The maximum absolute atomic E-state index is 14.5. The third-order valence-corrected chi connectivity index (χ3v) is 3.89. The van der Waals surface area contributed by atoms with Crippen LogP contribution in [0.5, 0.6) is 5.75 Å². The van der Waals surface area contributed by atoms with E-state index in [1.807, 2.05) is 4.90 Å². The number of halogens is 2. The molecule has 0 amide bonds. The van der Waals surface area contributed by atoms with Gasteiger partial charge in [-0.05, 0) is 12.1 Å². The molecule has 1 aromatic heterocycles. The number of methoxy groups -OCH3 is 1. The van der Waals surface area contributed by atoms with Gasteiger partial charge in [0.15, 0.2) is 0 Å². The smallest absolute Gasteiger partial charge is 0.135 e. The summed E-state index contributed by atoms with van der Waals surface area (Å²) in [5.74, 6) is -0.560. The topological polar surface area (TPSA) is 37.6 Å². The highest BCUT2D eigenvalue weighted by atomic mass is 19.1. The maximum atomic E-state index is 14.5. The van der Waals surface area contributed by atoms with Crippen LogP contribution in [0.4, 0.5) is 8.78 Å². The summed E-state index contributed by atoms with van der Waals surface area (Å²) >= 11 is 0. The largest absolute Gasteiger partial charge is 0.497 e. The number of ether oxygens (including phenoxy) is 1. The Kier molecular flexibility index (Phi) is 4.40. The minimum absolute atomic E-state index is 0.00218. The van der Waals surface area contributed by atoms with Crippen LogP contribution in [0.2, 0.25) is 0 Å². The Morgan fingerprint density at radius 2 is 1.91 bits per heavy atom. The zero-order valence-corrected chi connectivity index (χ0v) is 12.3. The van der Waals surface area contributed by atoms with Crippen LogP contribution in [0.1, 0.15) is 17.4 Å². The Morgan fingerprint density at radius 3 is 2.45 bits per heavy atom. The number of benzene rings is 1. The predicted octanol–water partition coefficient (Wildman–Crippen LogP) is 2.56. The molecule has 1 saturated heterocycles. The van der Waals surface area contributed by atoms with E-state index in [0.717, 1.165) is 13.1 Å². The Bertz CT molecular complexity index is 602. The molecule has 0 saturated carbocycles. The molecule has 4 nitrogen and oxygen atoms in total. The van der Waals surface area contributed by atoms with Crippen molar-refractivity contribution in [3.8, 4) is 5.75 Å². The van der Waals surface area contributed by atoms with Crippen molar-refractivity contribution in [2.45, 2.75) is 6.04 Å². The predicted molar refractivity (Wildman–Crippen MR) is 77.9 cm³/mol. The molecular weight excluding hydrogens is 290 g/mol. The molecule has 1 fully saturated rings. The van der Waals surface area contributed by atoms with E-state index in [2.05, 4.69) is 5.32 Å². The second kappa shape index (κ2) is 6.46. The van der Waals surface area contributed by atoms with Gasteiger partial charge in [0.25, 0.3) is 0 Å². The van der Waals surface area contributed by atoms with Gasteiger partial charge in [-0.1, -0.05) is 0 Å². The third-order valence-electron chi connectivity index (χ3n) is 3.89. The van der Waals surface area contributed by atoms with Crippen LogP contribution < -0.4 is 10.1 Å². The Hall–Kier alpha value is -1.92. The number of rotatable bonds is 4. The fraction of sp³-hybridized carbons (Fsp3) is 0.375. The summed E-state index contributed by atoms with van der Waals surface area (Å²) in [6, 6.07) is 5.30. The Labute approximate surface area is 127 Å². The Morgan fingerprint density at radius 1 is 1.23 bits per heavy atom. The van der Waals surface area contributed by atoms with Crippen LogP contribution in [-0.4, -0.2) is 38.2 Å². The standard InChI is InChI=1S/C16H18F2N2O2/c1-21-11-9-12(17)15(13(18)10-11)16(14-3-2-8-22-14)20-6-4-19-5-7-20/h2-3,8-10,16,19H,4-7H2,1H3/t16-/m1/s1. The lowest BCUT2D eigenvalue weighted by molar-refractivity contribution is 0.173. The van der Waals surface area contributed by atoms with Crippen molar-refractivity contribution < 1.29 is 17.9 Å². The average molecular weight is 308 g/mol. The van der Waals surface area contributed by atoms with E-state index in [4.69, 9.17) is 9.15 Å². The number of nitrogens with one attached hydrogen (secondary N) is 1. The van der Waals surface area contributed by atoms with E-state index >= 15 is 0 Å². The van der Waals surface area contributed by atoms with E-state index in [0.29, 0.717) is 18.8 Å². The first-order valence-electron chi connectivity index (χ1n) is 7.22. The number of nitrogens with zero attached hydrogens (tertiary/aromatic N) is 1. The highest BCUT2D eigenvalue weighted by Gasteiger charge is 2.31. The van der Waals surface area contributed by atoms with Gasteiger partial charge in [0, 0.05) is 43.9 Å². The maximum Gasteiger partial charge on any atom is 0.135 e. The molecule has 0 radical (unpaired) electrons. The molecule has 1 aliphatic rings. The summed E-state index contributed by atoms with van der Waals surface area (Å²) < 4.78 is 39.3. The molecule has 0 unspecified atom stereocenters. The second-order valence-corrected chi connectivity index (χ2v) is 5.21. The molecule has 0 spiro atoms. The quantitative estimate of drug-likeness (QED) is 0.942. The molecule has 2 heterocycles. The molecule has 1 aliphatic heterocycles. The zero-order chi connectivity index (χ0) is 15.5. The van der Waals surface area contributed by atoms with Crippen LogP contribution in [-0.2, 0) is 0 Å². The molecule has 1 N–H and O–H groups in total. The monoisotopic (exact) mass is 308 g/mol. The van der Waals surface area contributed by atoms with Crippen LogP contribution >= 0.6 is 0 Å². The fourth-order valence-electron chi connectivity index (χ4n) is 2.83. The number of piperazine rings is 1.